The van der Waals surface area contributed by atoms with E-state index in [1.54, 1.807) is 23.2 Å². The molecule has 1 N–H and O–H groups in total. The summed E-state index contributed by atoms with van der Waals surface area (Å²) in [6, 6.07) is 1.95. The van der Waals surface area contributed by atoms with Crippen molar-refractivity contribution in [2.75, 3.05) is 26.2 Å². The van der Waals surface area contributed by atoms with Gasteiger partial charge in [0.25, 0.3) is 5.91 Å². The van der Waals surface area contributed by atoms with Crippen LogP contribution < -0.4 is 5.32 Å². The molecular weight excluding hydrogens is 288 g/mol. The number of carbonyl (C=O) groups is 2. The Hall–Kier alpha value is -1.40. The van der Waals surface area contributed by atoms with E-state index in [0.717, 1.165) is 12.8 Å². The molecule has 1 unspecified atom stereocenters. The number of rotatable bonds is 5. The second-order valence-electron chi connectivity index (χ2n) is 5.22. The largest absolute Gasteiger partial charge is 0.373 e. The molecule has 0 aliphatic carbocycles. The molecule has 0 aromatic carbocycles. The van der Waals surface area contributed by atoms with E-state index in [1.807, 2.05) is 11.4 Å². The minimum Gasteiger partial charge on any atom is -0.373 e. The van der Waals surface area contributed by atoms with E-state index < -0.39 is 0 Å². The molecule has 1 fully saturated rings. The number of nitrogens with one attached hydrogen (secondary N) is 1. The molecule has 1 atom stereocenters. The summed E-state index contributed by atoms with van der Waals surface area (Å²) in [4.78, 5) is 26.4. The summed E-state index contributed by atoms with van der Waals surface area (Å²) < 4.78 is 5.58. The van der Waals surface area contributed by atoms with Crippen molar-refractivity contribution in [1.29, 1.82) is 0 Å². The molecule has 2 heterocycles. The first-order valence-electron chi connectivity index (χ1n) is 7.33. The molecule has 0 spiro atoms. The second-order valence-corrected chi connectivity index (χ2v) is 6.22. The van der Waals surface area contributed by atoms with E-state index in [2.05, 4.69) is 12.2 Å². The Balaban J connectivity index is 1.81. The molecule has 1 saturated heterocycles. The average molecular weight is 310 g/mol. The predicted molar refractivity (Wildman–Crippen MR) is 82.6 cm³/mol. The van der Waals surface area contributed by atoms with E-state index in [4.69, 9.17) is 4.74 Å². The first kappa shape index (κ1) is 16.0. The van der Waals surface area contributed by atoms with Gasteiger partial charge in [0.05, 0.1) is 18.3 Å². The lowest BCUT2D eigenvalue weighted by molar-refractivity contribution is -0.136. The quantitative estimate of drug-likeness (QED) is 0.900. The van der Waals surface area contributed by atoms with Crippen molar-refractivity contribution in [1.82, 2.24) is 10.2 Å². The predicted octanol–water partition coefficient (Wildman–Crippen LogP) is 1.68. The number of hydrogen-bond donors (Lipinski definition) is 1. The summed E-state index contributed by atoms with van der Waals surface area (Å²) in [5, 5.41) is 4.78. The lowest BCUT2D eigenvalue weighted by Gasteiger charge is -2.32. The number of nitrogens with zero attached hydrogens (tertiary/aromatic N) is 1. The van der Waals surface area contributed by atoms with Crippen molar-refractivity contribution in [3.63, 3.8) is 0 Å². The maximum Gasteiger partial charge on any atom is 0.252 e. The zero-order valence-corrected chi connectivity index (χ0v) is 13.4. The van der Waals surface area contributed by atoms with Gasteiger partial charge in [0.15, 0.2) is 0 Å². The maximum absolute atomic E-state index is 12.1. The molecule has 1 aliphatic heterocycles. The van der Waals surface area contributed by atoms with E-state index in [0.29, 0.717) is 31.8 Å². The Bertz CT molecular complexity index is 501. The molecular formula is C15H22N2O3S. The van der Waals surface area contributed by atoms with Crippen molar-refractivity contribution in [3.8, 4) is 0 Å². The number of thiophene rings is 1. The van der Waals surface area contributed by atoms with Gasteiger partial charge < -0.3 is 15.0 Å². The third kappa shape index (κ3) is 4.54. The highest BCUT2D eigenvalue weighted by Crippen LogP contribution is 2.16. The molecule has 0 bridgehead atoms. The van der Waals surface area contributed by atoms with Crippen LogP contribution in [-0.2, 0) is 16.0 Å². The van der Waals surface area contributed by atoms with Gasteiger partial charge in [-0.1, -0.05) is 13.3 Å². The lowest BCUT2D eigenvalue weighted by atomic mass is 10.2. The lowest BCUT2D eigenvalue weighted by Crippen LogP contribution is -2.49. The number of ether oxygens (including phenoxy) is 1. The molecule has 1 aromatic rings. The molecule has 6 heteroatoms. The average Bonchev–Trinajstić information content (AvgIpc) is 2.94. The number of aryl methyl sites for hydroxylation is 1. The topological polar surface area (TPSA) is 58.6 Å². The van der Waals surface area contributed by atoms with Crippen LogP contribution in [0.4, 0.5) is 0 Å². The standard InChI is InChI=1S/C15H22N2O3S/c1-3-4-14-7-12(10-21-14)15(19)16-8-13-9-17(11(2)18)5-6-20-13/h7,10,13H,3-6,8-9H2,1-2H3,(H,16,19). The fraction of sp³-hybridized carbons (Fsp3) is 0.600. The van der Waals surface area contributed by atoms with Crippen LogP contribution >= 0.6 is 11.3 Å². The van der Waals surface area contributed by atoms with Crippen LogP contribution in [0, 0.1) is 0 Å². The van der Waals surface area contributed by atoms with E-state index in [1.165, 1.54) is 4.88 Å². The molecule has 5 nitrogen and oxygen atoms in total. The van der Waals surface area contributed by atoms with Crippen LogP contribution in [0.3, 0.4) is 0 Å². The van der Waals surface area contributed by atoms with Crippen LogP contribution in [0.2, 0.25) is 0 Å². The van der Waals surface area contributed by atoms with Crippen molar-refractivity contribution < 1.29 is 14.3 Å². The minimum atomic E-state index is -0.125. The summed E-state index contributed by atoms with van der Waals surface area (Å²) in [6.45, 7) is 5.81. The number of hydrogen-bond acceptors (Lipinski definition) is 4. The summed E-state index contributed by atoms with van der Waals surface area (Å²) in [5.74, 6) is -0.0196. The normalized spacial score (nSPS) is 18.6. The highest BCUT2D eigenvalue weighted by Gasteiger charge is 2.22. The van der Waals surface area contributed by atoms with Gasteiger partial charge in [-0.05, 0) is 12.5 Å². The number of amides is 2. The van der Waals surface area contributed by atoms with Gasteiger partial charge >= 0.3 is 0 Å². The minimum absolute atomic E-state index is 0.0525. The van der Waals surface area contributed by atoms with Crippen LogP contribution in [0.5, 0.6) is 0 Å². The van der Waals surface area contributed by atoms with Gasteiger partial charge in [0.2, 0.25) is 5.91 Å². The number of morpholine rings is 1. The third-order valence-corrected chi connectivity index (χ3v) is 4.48. The van der Waals surface area contributed by atoms with Crippen LogP contribution in [0.1, 0.15) is 35.5 Å². The van der Waals surface area contributed by atoms with Crippen molar-refractivity contribution in [3.05, 3.63) is 21.9 Å². The van der Waals surface area contributed by atoms with E-state index >= 15 is 0 Å². The van der Waals surface area contributed by atoms with E-state index in [9.17, 15) is 9.59 Å². The van der Waals surface area contributed by atoms with E-state index in [-0.39, 0.29) is 17.9 Å². The fourth-order valence-electron chi connectivity index (χ4n) is 2.31. The summed E-state index contributed by atoms with van der Waals surface area (Å²) in [7, 11) is 0. The smallest absolute Gasteiger partial charge is 0.252 e. The zero-order chi connectivity index (χ0) is 15.2. The Kier molecular flexibility index (Phi) is 5.76. The molecule has 116 valence electrons. The first-order chi connectivity index (χ1) is 10.1. The molecule has 1 aromatic heterocycles. The molecule has 2 amide bonds. The third-order valence-electron chi connectivity index (χ3n) is 3.49. The van der Waals surface area contributed by atoms with Crippen LogP contribution in [0.25, 0.3) is 0 Å². The van der Waals surface area contributed by atoms with Gasteiger partial charge in [-0.3, -0.25) is 9.59 Å². The Morgan fingerprint density at radius 1 is 1.52 bits per heavy atom. The van der Waals surface area contributed by atoms with Gasteiger partial charge in [0, 0.05) is 36.8 Å². The maximum atomic E-state index is 12.1. The van der Waals surface area contributed by atoms with Gasteiger partial charge in [-0.2, -0.15) is 0 Å². The van der Waals surface area contributed by atoms with Gasteiger partial charge in [-0.25, -0.2) is 0 Å². The van der Waals surface area contributed by atoms with Crippen molar-refractivity contribution >= 4 is 23.2 Å². The van der Waals surface area contributed by atoms with Crippen LogP contribution in [-0.4, -0.2) is 49.1 Å². The SMILES string of the molecule is CCCc1cc(C(=O)NCC2CN(C(C)=O)CCO2)cs1. The number of carbonyl (C=O) groups excluding carboxylic acids is 2. The summed E-state index contributed by atoms with van der Waals surface area (Å²) in [5.41, 5.74) is 0.711. The van der Waals surface area contributed by atoms with Crippen LogP contribution in [0.15, 0.2) is 11.4 Å². The monoisotopic (exact) mass is 310 g/mol. The van der Waals surface area contributed by atoms with Crippen molar-refractivity contribution in [2.24, 2.45) is 0 Å². The first-order valence-corrected chi connectivity index (χ1v) is 8.20. The highest BCUT2D eigenvalue weighted by atomic mass is 32.1. The van der Waals surface area contributed by atoms with Gasteiger partial charge in [0.1, 0.15) is 0 Å². The molecule has 2 rings (SSSR count). The molecule has 1 aliphatic rings. The molecule has 0 saturated carbocycles. The Morgan fingerprint density at radius 2 is 2.33 bits per heavy atom. The fourth-order valence-corrected chi connectivity index (χ4v) is 3.29. The van der Waals surface area contributed by atoms with Gasteiger partial charge in [-0.15, -0.1) is 11.3 Å². The summed E-state index contributed by atoms with van der Waals surface area (Å²) in [6.07, 6.45) is 1.97. The van der Waals surface area contributed by atoms with Crippen molar-refractivity contribution in [2.45, 2.75) is 32.8 Å². The highest BCUT2D eigenvalue weighted by molar-refractivity contribution is 7.10. The molecule has 21 heavy (non-hydrogen) atoms. The second kappa shape index (κ2) is 7.56. The Morgan fingerprint density at radius 3 is 3.05 bits per heavy atom. The molecule has 0 radical (unpaired) electrons. The Labute approximate surface area is 129 Å². The summed E-state index contributed by atoms with van der Waals surface area (Å²) >= 11 is 1.62. The zero-order valence-electron chi connectivity index (χ0n) is 12.6.